The zero-order valence-corrected chi connectivity index (χ0v) is 13.4. The number of hydrogen-bond donors (Lipinski definition) is 1. The summed E-state index contributed by atoms with van der Waals surface area (Å²) in [7, 11) is 0. The van der Waals surface area contributed by atoms with Crippen LogP contribution in [0, 0.1) is 0 Å². The lowest BCUT2D eigenvalue weighted by molar-refractivity contribution is 0.0936. The van der Waals surface area contributed by atoms with Crippen molar-refractivity contribution in [2.75, 3.05) is 0 Å². The molecule has 1 aromatic carbocycles. The molecule has 1 aromatic heterocycles. The van der Waals surface area contributed by atoms with E-state index < -0.39 is 0 Å². The van der Waals surface area contributed by atoms with Crippen LogP contribution in [-0.2, 0) is 5.75 Å². The van der Waals surface area contributed by atoms with Gasteiger partial charge >= 0.3 is 0 Å². The van der Waals surface area contributed by atoms with Gasteiger partial charge in [-0.05, 0) is 36.9 Å². The molecule has 20 heavy (non-hydrogen) atoms. The van der Waals surface area contributed by atoms with Crippen LogP contribution in [0.15, 0.2) is 46.7 Å². The first-order valence-electron chi connectivity index (χ1n) is 6.75. The van der Waals surface area contributed by atoms with E-state index in [1.54, 1.807) is 23.1 Å². The zero-order chi connectivity index (χ0) is 14.4. The molecule has 2 aromatic rings. The fourth-order valence-electron chi connectivity index (χ4n) is 1.73. The van der Waals surface area contributed by atoms with Gasteiger partial charge in [0.1, 0.15) is 0 Å². The van der Waals surface area contributed by atoms with Gasteiger partial charge in [0.05, 0.1) is 5.56 Å². The molecule has 0 saturated heterocycles. The molecule has 0 saturated carbocycles. The number of benzene rings is 1. The third-order valence-corrected chi connectivity index (χ3v) is 5.25. The molecule has 1 N–H and O–H groups in total. The predicted molar refractivity (Wildman–Crippen MR) is 87.5 cm³/mol. The van der Waals surface area contributed by atoms with Gasteiger partial charge in [-0.1, -0.05) is 25.1 Å². The molecule has 1 atom stereocenters. The molecule has 4 heteroatoms. The van der Waals surface area contributed by atoms with Crippen LogP contribution in [-0.4, -0.2) is 11.9 Å². The number of carbonyl (C=O) groups is 1. The minimum absolute atomic E-state index is 0.0219. The van der Waals surface area contributed by atoms with Crippen molar-refractivity contribution in [3.63, 3.8) is 0 Å². The van der Waals surface area contributed by atoms with Gasteiger partial charge in [0.25, 0.3) is 5.91 Å². The second kappa shape index (κ2) is 7.50. The number of nitrogens with one attached hydrogen (secondary N) is 1. The first kappa shape index (κ1) is 15.1. The smallest absolute Gasteiger partial charge is 0.252 e. The van der Waals surface area contributed by atoms with Crippen molar-refractivity contribution >= 4 is 29.0 Å². The SMILES string of the molecule is CCC(C)NC(=O)c1ccccc1SCc1cccs1. The molecule has 0 aliphatic rings. The second-order valence-electron chi connectivity index (χ2n) is 4.65. The summed E-state index contributed by atoms with van der Waals surface area (Å²) in [6, 6.07) is 12.2. The minimum atomic E-state index is 0.0219. The highest BCUT2D eigenvalue weighted by Gasteiger charge is 2.13. The van der Waals surface area contributed by atoms with Gasteiger partial charge in [-0.3, -0.25) is 4.79 Å². The molecule has 0 radical (unpaired) electrons. The van der Waals surface area contributed by atoms with E-state index in [0.29, 0.717) is 0 Å². The lowest BCUT2D eigenvalue weighted by atomic mass is 10.2. The maximum absolute atomic E-state index is 12.3. The summed E-state index contributed by atoms with van der Waals surface area (Å²) in [5, 5.41) is 5.11. The zero-order valence-electron chi connectivity index (χ0n) is 11.8. The van der Waals surface area contributed by atoms with Crippen molar-refractivity contribution < 1.29 is 4.79 Å². The summed E-state index contributed by atoms with van der Waals surface area (Å²) < 4.78 is 0. The average molecular weight is 305 g/mol. The van der Waals surface area contributed by atoms with Crippen LogP contribution in [0.1, 0.15) is 35.5 Å². The molecular formula is C16H19NOS2. The van der Waals surface area contributed by atoms with Crippen LogP contribution in [0.25, 0.3) is 0 Å². The van der Waals surface area contributed by atoms with Gasteiger partial charge in [-0.25, -0.2) is 0 Å². The van der Waals surface area contributed by atoms with Crippen molar-refractivity contribution in [1.82, 2.24) is 5.32 Å². The molecule has 1 amide bonds. The van der Waals surface area contributed by atoms with E-state index in [9.17, 15) is 4.79 Å². The molecule has 106 valence electrons. The maximum atomic E-state index is 12.3. The van der Waals surface area contributed by atoms with Crippen LogP contribution in [0.2, 0.25) is 0 Å². The fraction of sp³-hybridized carbons (Fsp3) is 0.312. The van der Waals surface area contributed by atoms with E-state index in [2.05, 4.69) is 29.8 Å². The number of amides is 1. The van der Waals surface area contributed by atoms with Gasteiger partial charge in [0, 0.05) is 21.6 Å². The van der Waals surface area contributed by atoms with E-state index in [1.807, 2.05) is 31.2 Å². The Kier molecular flexibility index (Phi) is 5.68. The molecule has 0 bridgehead atoms. The maximum Gasteiger partial charge on any atom is 0.252 e. The van der Waals surface area contributed by atoms with Crippen LogP contribution >= 0.6 is 23.1 Å². The number of rotatable bonds is 6. The Morgan fingerprint density at radius 3 is 2.80 bits per heavy atom. The fourth-order valence-corrected chi connectivity index (χ4v) is 3.55. The largest absolute Gasteiger partial charge is 0.350 e. The number of thiophene rings is 1. The van der Waals surface area contributed by atoms with Crippen LogP contribution in [0.4, 0.5) is 0 Å². The second-order valence-corrected chi connectivity index (χ2v) is 6.70. The number of carbonyl (C=O) groups excluding carboxylic acids is 1. The Balaban J connectivity index is 2.07. The normalized spacial score (nSPS) is 12.1. The highest BCUT2D eigenvalue weighted by Crippen LogP contribution is 2.27. The highest BCUT2D eigenvalue weighted by molar-refractivity contribution is 7.98. The summed E-state index contributed by atoms with van der Waals surface area (Å²) in [6.07, 6.45) is 0.941. The highest BCUT2D eigenvalue weighted by atomic mass is 32.2. The third kappa shape index (κ3) is 4.12. The summed E-state index contributed by atoms with van der Waals surface area (Å²) in [5.41, 5.74) is 0.773. The Bertz CT molecular complexity index is 551. The predicted octanol–water partition coefficient (Wildman–Crippen LogP) is 4.57. The van der Waals surface area contributed by atoms with Crippen molar-refractivity contribution in [1.29, 1.82) is 0 Å². The standard InChI is InChI=1S/C16H19NOS2/c1-3-12(2)17-16(18)14-8-4-5-9-15(14)20-11-13-7-6-10-19-13/h4-10,12H,3,11H2,1-2H3,(H,17,18). The number of hydrogen-bond acceptors (Lipinski definition) is 3. The Labute approximate surface area is 128 Å². The molecule has 1 unspecified atom stereocenters. The van der Waals surface area contributed by atoms with Crippen molar-refractivity contribution in [3.05, 3.63) is 52.2 Å². The summed E-state index contributed by atoms with van der Waals surface area (Å²) in [4.78, 5) is 14.6. The monoisotopic (exact) mass is 305 g/mol. The first-order chi connectivity index (χ1) is 9.70. The van der Waals surface area contributed by atoms with Gasteiger partial charge in [0.15, 0.2) is 0 Å². The van der Waals surface area contributed by atoms with E-state index in [0.717, 1.165) is 22.6 Å². The molecule has 0 aliphatic carbocycles. The molecule has 0 aliphatic heterocycles. The molecule has 2 nitrogen and oxygen atoms in total. The Morgan fingerprint density at radius 1 is 1.30 bits per heavy atom. The van der Waals surface area contributed by atoms with Crippen molar-refractivity contribution in [2.45, 2.75) is 37.0 Å². The summed E-state index contributed by atoms with van der Waals surface area (Å²) in [5.74, 6) is 0.930. The van der Waals surface area contributed by atoms with Crippen LogP contribution in [0.3, 0.4) is 0 Å². The van der Waals surface area contributed by atoms with Gasteiger partial charge in [-0.2, -0.15) is 0 Å². The Hall–Kier alpha value is -1.26. The van der Waals surface area contributed by atoms with Gasteiger partial charge in [-0.15, -0.1) is 23.1 Å². The van der Waals surface area contributed by atoms with Crippen LogP contribution in [0.5, 0.6) is 0 Å². The molecule has 0 fully saturated rings. The molecule has 0 spiro atoms. The van der Waals surface area contributed by atoms with Gasteiger partial charge < -0.3 is 5.32 Å². The minimum Gasteiger partial charge on any atom is -0.350 e. The average Bonchev–Trinajstić information content (AvgIpc) is 2.98. The van der Waals surface area contributed by atoms with E-state index in [-0.39, 0.29) is 11.9 Å². The van der Waals surface area contributed by atoms with E-state index in [1.165, 1.54) is 4.88 Å². The lowest BCUT2D eigenvalue weighted by Gasteiger charge is -2.13. The van der Waals surface area contributed by atoms with Gasteiger partial charge in [0.2, 0.25) is 0 Å². The van der Waals surface area contributed by atoms with E-state index in [4.69, 9.17) is 0 Å². The number of thioether (sulfide) groups is 1. The third-order valence-electron chi connectivity index (χ3n) is 3.07. The van der Waals surface area contributed by atoms with E-state index >= 15 is 0 Å². The van der Waals surface area contributed by atoms with Crippen molar-refractivity contribution in [2.24, 2.45) is 0 Å². The summed E-state index contributed by atoms with van der Waals surface area (Å²) in [6.45, 7) is 4.10. The summed E-state index contributed by atoms with van der Waals surface area (Å²) >= 11 is 3.47. The Morgan fingerprint density at radius 2 is 2.10 bits per heavy atom. The molecular weight excluding hydrogens is 286 g/mol. The molecule has 1 heterocycles. The molecule has 2 rings (SSSR count). The first-order valence-corrected chi connectivity index (χ1v) is 8.62. The van der Waals surface area contributed by atoms with Crippen molar-refractivity contribution in [3.8, 4) is 0 Å². The lowest BCUT2D eigenvalue weighted by Crippen LogP contribution is -2.32. The van der Waals surface area contributed by atoms with Crippen LogP contribution < -0.4 is 5.32 Å². The topological polar surface area (TPSA) is 29.1 Å². The quantitative estimate of drug-likeness (QED) is 0.792.